The minimum Gasteiger partial charge on any atom is -0.409 e. The first-order valence-corrected chi connectivity index (χ1v) is 6.36. The van der Waals surface area contributed by atoms with Crippen molar-refractivity contribution in [3.8, 4) is 0 Å². The van der Waals surface area contributed by atoms with Crippen molar-refractivity contribution in [3.63, 3.8) is 0 Å². The molecular formula is C12H23N3O. The van der Waals surface area contributed by atoms with E-state index in [4.69, 9.17) is 10.9 Å². The molecule has 0 aliphatic heterocycles. The van der Waals surface area contributed by atoms with Gasteiger partial charge in [0.15, 0.2) is 0 Å². The van der Waals surface area contributed by atoms with Gasteiger partial charge < -0.3 is 15.8 Å². The van der Waals surface area contributed by atoms with Crippen LogP contribution < -0.4 is 5.73 Å². The molecular weight excluding hydrogens is 202 g/mol. The third-order valence-electron chi connectivity index (χ3n) is 3.86. The second-order valence-corrected chi connectivity index (χ2v) is 5.54. The lowest BCUT2D eigenvalue weighted by atomic mass is 10.0. The van der Waals surface area contributed by atoms with Crippen LogP contribution in [0.25, 0.3) is 0 Å². The van der Waals surface area contributed by atoms with Crippen LogP contribution in [0.15, 0.2) is 5.16 Å². The van der Waals surface area contributed by atoms with Gasteiger partial charge in [-0.05, 0) is 43.6 Å². The average Bonchev–Trinajstić information content (AvgIpc) is 3.16. The summed E-state index contributed by atoms with van der Waals surface area (Å²) in [6, 6.07) is 0. The van der Waals surface area contributed by atoms with Crippen molar-refractivity contribution >= 4 is 5.84 Å². The molecule has 2 rings (SSSR count). The van der Waals surface area contributed by atoms with Crippen LogP contribution in [0.2, 0.25) is 0 Å². The summed E-state index contributed by atoms with van der Waals surface area (Å²) in [6.45, 7) is 5.71. The zero-order chi connectivity index (χ0) is 11.6. The third-order valence-corrected chi connectivity index (χ3v) is 3.86. The van der Waals surface area contributed by atoms with Crippen molar-refractivity contribution in [3.05, 3.63) is 0 Å². The van der Waals surface area contributed by atoms with Crippen LogP contribution in [0.3, 0.4) is 0 Å². The van der Waals surface area contributed by atoms with Crippen LogP contribution in [-0.4, -0.2) is 35.6 Å². The largest absolute Gasteiger partial charge is 0.409 e. The molecule has 16 heavy (non-hydrogen) atoms. The number of hydrogen-bond donors (Lipinski definition) is 2. The molecule has 0 aromatic heterocycles. The average molecular weight is 225 g/mol. The first kappa shape index (κ1) is 11.7. The predicted molar refractivity (Wildman–Crippen MR) is 64.5 cm³/mol. The zero-order valence-electron chi connectivity index (χ0n) is 10.2. The highest BCUT2D eigenvalue weighted by Gasteiger charge is 2.44. The van der Waals surface area contributed by atoms with Crippen molar-refractivity contribution in [2.75, 3.05) is 19.6 Å². The van der Waals surface area contributed by atoms with Crippen molar-refractivity contribution < 1.29 is 5.21 Å². The molecule has 4 heteroatoms. The Labute approximate surface area is 97.5 Å². The van der Waals surface area contributed by atoms with Gasteiger partial charge in [-0.1, -0.05) is 12.1 Å². The Morgan fingerprint density at radius 1 is 1.50 bits per heavy atom. The first-order valence-electron chi connectivity index (χ1n) is 6.36. The topological polar surface area (TPSA) is 61.8 Å². The Balaban J connectivity index is 1.81. The summed E-state index contributed by atoms with van der Waals surface area (Å²) in [4.78, 5) is 2.54. The Bertz CT molecular complexity index is 269. The van der Waals surface area contributed by atoms with Gasteiger partial charge in [-0.15, -0.1) is 0 Å². The van der Waals surface area contributed by atoms with E-state index in [9.17, 15) is 0 Å². The molecule has 0 unspecified atom stereocenters. The predicted octanol–water partition coefficient (Wildman–Crippen LogP) is 1.63. The fourth-order valence-corrected chi connectivity index (χ4v) is 2.43. The number of oxime groups is 1. The van der Waals surface area contributed by atoms with Crippen LogP contribution in [0.1, 0.15) is 39.0 Å². The van der Waals surface area contributed by atoms with E-state index in [1.807, 2.05) is 0 Å². The summed E-state index contributed by atoms with van der Waals surface area (Å²) < 4.78 is 0. The standard InChI is InChI=1S/C12H23N3O/c1-2-15(8-10-3-4-10)9-12(5-6-12)7-11(13)14-16/h10,16H,2-9H2,1H3,(H2,13,14). The van der Waals surface area contributed by atoms with E-state index in [1.54, 1.807) is 0 Å². The molecule has 0 amide bonds. The molecule has 0 aromatic carbocycles. The van der Waals surface area contributed by atoms with E-state index in [1.165, 1.54) is 32.2 Å². The number of hydrogen-bond acceptors (Lipinski definition) is 3. The molecule has 3 N–H and O–H groups in total. The van der Waals surface area contributed by atoms with E-state index in [0.717, 1.165) is 25.4 Å². The van der Waals surface area contributed by atoms with Gasteiger partial charge in [-0.25, -0.2) is 0 Å². The maximum Gasteiger partial charge on any atom is 0.139 e. The number of amidine groups is 1. The minimum absolute atomic E-state index is 0.321. The van der Waals surface area contributed by atoms with E-state index in [0.29, 0.717) is 11.3 Å². The molecule has 2 aliphatic rings. The fraction of sp³-hybridized carbons (Fsp3) is 0.917. The second-order valence-electron chi connectivity index (χ2n) is 5.54. The molecule has 0 heterocycles. The molecule has 2 aliphatic carbocycles. The van der Waals surface area contributed by atoms with Gasteiger partial charge in [0.05, 0.1) is 0 Å². The Kier molecular flexibility index (Phi) is 3.38. The highest BCUT2D eigenvalue weighted by molar-refractivity contribution is 5.80. The molecule has 0 saturated heterocycles. The molecule has 2 fully saturated rings. The van der Waals surface area contributed by atoms with Gasteiger partial charge in [0.1, 0.15) is 5.84 Å². The summed E-state index contributed by atoms with van der Waals surface area (Å²) in [5.74, 6) is 1.33. The van der Waals surface area contributed by atoms with E-state index in [-0.39, 0.29) is 0 Å². The lowest BCUT2D eigenvalue weighted by Gasteiger charge is -2.26. The Morgan fingerprint density at radius 3 is 2.62 bits per heavy atom. The van der Waals surface area contributed by atoms with E-state index < -0.39 is 0 Å². The second kappa shape index (κ2) is 4.62. The molecule has 0 spiro atoms. The summed E-state index contributed by atoms with van der Waals surface area (Å²) in [5.41, 5.74) is 5.93. The summed E-state index contributed by atoms with van der Waals surface area (Å²) in [5, 5.41) is 11.7. The van der Waals surface area contributed by atoms with Crippen molar-refractivity contribution in [1.29, 1.82) is 0 Å². The monoisotopic (exact) mass is 225 g/mol. The van der Waals surface area contributed by atoms with Crippen LogP contribution in [0.4, 0.5) is 0 Å². The molecule has 0 aromatic rings. The zero-order valence-corrected chi connectivity index (χ0v) is 10.2. The van der Waals surface area contributed by atoms with Crippen molar-refractivity contribution in [1.82, 2.24) is 4.90 Å². The SMILES string of the molecule is CCN(CC1CC1)CC1(CC(N)=NO)CC1. The number of rotatable bonds is 7. The highest BCUT2D eigenvalue weighted by Crippen LogP contribution is 2.49. The summed E-state index contributed by atoms with van der Waals surface area (Å²) in [7, 11) is 0. The number of nitrogens with two attached hydrogens (primary N) is 1. The van der Waals surface area contributed by atoms with Gasteiger partial charge >= 0.3 is 0 Å². The van der Waals surface area contributed by atoms with Gasteiger partial charge in [-0.2, -0.15) is 0 Å². The molecule has 4 nitrogen and oxygen atoms in total. The lowest BCUT2D eigenvalue weighted by molar-refractivity contribution is 0.222. The van der Waals surface area contributed by atoms with Crippen LogP contribution in [-0.2, 0) is 0 Å². The lowest BCUT2D eigenvalue weighted by Crippen LogP contribution is -2.34. The quantitative estimate of drug-likeness (QED) is 0.300. The van der Waals surface area contributed by atoms with Crippen LogP contribution in [0, 0.1) is 11.3 Å². The first-order chi connectivity index (χ1) is 7.67. The van der Waals surface area contributed by atoms with Crippen molar-refractivity contribution in [2.45, 2.75) is 39.0 Å². The molecule has 92 valence electrons. The van der Waals surface area contributed by atoms with Gasteiger partial charge in [0, 0.05) is 19.5 Å². The van der Waals surface area contributed by atoms with Crippen LogP contribution in [0.5, 0.6) is 0 Å². The third kappa shape index (κ3) is 3.11. The smallest absolute Gasteiger partial charge is 0.139 e. The molecule has 0 radical (unpaired) electrons. The summed E-state index contributed by atoms with van der Waals surface area (Å²) >= 11 is 0. The molecule has 2 saturated carbocycles. The summed E-state index contributed by atoms with van der Waals surface area (Å²) in [6.07, 6.45) is 6.02. The van der Waals surface area contributed by atoms with Gasteiger partial charge in [-0.3, -0.25) is 0 Å². The molecule has 0 atom stereocenters. The number of nitrogens with zero attached hydrogens (tertiary/aromatic N) is 2. The normalized spacial score (nSPS) is 23.8. The molecule has 0 bridgehead atoms. The minimum atomic E-state index is 0.321. The van der Waals surface area contributed by atoms with Crippen molar-refractivity contribution in [2.24, 2.45) is 22.2 Å². The van der Waals surface area contributed by atoms with E-state index in [2.05, 4.69) is 17.0 Å². The van der Waals surface area contributed by atoms with E-state index >= 15 is 0 Å². The fourth-order valence-electron chi connectivity index (χ4n) is 2.43. The van der Waals surface area contributed by atoms with Gasteiger partial charge in [0.25, 0.3) is 0 Å². The maximum atomic E-state index is 8.62. The van der Waals surface area contributed by atoms with Crippen LogP contribution >= 0.6 is 0 Å². The van der Waals surface area contributed by atoms with Gasteiger partial charge in [0.2, 0.25) is 0 Å². The Morgan fingerprint density at radius 2 is 2.19 bits per heavy atom. The highest BCUT2D eigenvalue weighted by atomic mass is 16.4. The maximum absolute atomic E-state index is 8.62. The Hall–Kier alpha value is -0.770.